The van der Waals surface area contributed by atoms with E-state index < -0.39 is 0 Å². The Balaban J connectivity index is 1.77. The third-order valence-electron chi connectivity index (χ3n) is 4.09. The van der Waals surface area contributed by atoms with Gasteiger partial charge in [-0.25, -0.2) is 0 Å². The van der Waals surface area contributed by atoms with Crippen LogP contribution in [0.2, 0.25) is 0 Å². The summed E-state index contributed by atoms with van der Waals surface area (Å²) in [6.45, 7) is 1.79. The second-order valence-electron chi connectivity index (χ2n) is 5.16. The van der Waals surface area contributed by atoms with E-state index in [2.05, 4.69) is 34.6 Å². The second-order valence-corrected chi connectivity index (χ2v) is 5.16. The number of anilines is 1. The van der Waals surface area contributed by atoms with Gasteiger partial charge in [0.15, 0.2) is 0 Å². The summed E-state index contributed by atoms with van der Waals surface area (Å²) in [6.07, 6.45) is 5.90. The van der Waals surface area contributed by atoms with Crippen LogP contribution >= 0.6 is 0 Å². The lowest BCUT2D eigenvalue weighted by Gasteiger charge is -2.41. The number of rotatable bonds is 4. The molecule has 1 aliphatic carbocycles. The van der Waals surface area contributed by atoms with E-state index in [1.807, 2.05) is 6.20 Å². The van der Waals surface area contributed by atoms with Crippen molar-refractivity contribution in [3.8, 4) is 0 Å². The Labute approximate surface area is 101 Å². The molecule has 0 aliphatic heterocycles. The van der Waals surface area contributed by atoms with Gasteiger partial charge in [-0.15, -0.1) is 0 Å². The molecule has 1 fully saturated rings. The fourth-order valence-electron chi connectivity index (χ4n) is 2.63. The second kappa shape index (κ2) is 4.08. The minimum absolute atomic E-state index is 0.346. The third-order valence-corrected chi connectivity index (χ3v) is 4.09. The summed E-state index contributed by atoms with van der Waals surface area (Å²) in [7, 11) is 0. The lowest BCUT2D eigenvalue weighted by atomic mass is 9.69. The van der Waals surface area contributed by atoms with Crippen LogP contribution in [-0.4, -0.2) is 18.1 Å². The number of fused-ring (bicyclic) bond motifs is 1. The predicted molar refractivity (Wildman–Crippen MR) is 72.1 cm³/mol. The van der Waals surface area contributed by atoms with Gasteiger partial charge in [-0.2, -0.15) is 0 Å². The van der Waals surface area contributed by atoms with E-state index in [0.29, 0.717) is 5.41 Å². The number of nitrogens with two attached hydrogens (primary N) is 1. The van der Waals surface area contributed by atoms with Crippen LogP contribution in [-0.2, 0) is 0 Å². The molecule has 3 heteroatoms. The number of nitrogens with one attached hydrogen (secondary N) is 2. The Kier molecular flexibility index (Phi) is 2.56. The van der Waals surface area contributed by atoms with Gasteiger partial charge < -0.3 is 16.0 Å². The minimum atomic E-state index is 0.346. The Morgan fingerprint density at radius 2 is 2.12 bits per heavy atom. The molecule has 3 nitrogen and oxygen atoms in total. The molecule has 0 spiro atoms. The standard InChI is InChI=1S/C14H19N3/c15-9-14(6-3-7-14)10-17-13-8-16-12-5-2-1-4-11(12)13/h1-2,4-5,8,16-17H,3,6-7,9-10,15H2. The van der Waals surface area contributed by atoms with Crippen molar-refractivity contribution in [2.24, 2.45) is 11.1 Å². The molecule has 2 aromatic rings. The molecule has 17 heavy (non-hydrogen) atoms. The van der Waals surface area contributed by atoms with Crippen molar-refractivity contribution < 1.29 is 0 Å². The van der Waals surface area contributed by atoms with Gasteiger partial charge in [-0.3, -0.25) is 0 Å². The van der Waals surface area contributed by atoms with Gasteiger partial charge in [0.25, 0.3) is 0 Å². The van der Waals surface area contributed by atoms with E-state index in [1.165, 1.54) is 35.9 Å². The average molecular weight is 229 g/mol. The molecular formula is C14H19N3. The Morgan fingerprint density at radius 1 is 1.29 bits per heavy atom. The first-order valence-corrected chi connectivity index (χ1v) is 6.33. The van der Waals surface area contributed by atoms with E-state index in [4.69, 9.17) is 5.73 Å². The summed E-state index contributed by atoms with van der Waals surface area (Å²) >= 11 is 0. The van der Waals surface area contributed by atoms with Crippen molar-refractivity contribution in [3.63, 3.8) is 0 Å². The number of aromatic nitrogens is 1. The van der Waals surface area contributed by atoms with E-state index in [-0.39, 0.29) is 0 Å². The molecule has 0 amide bonds. The first kappa shape index (κ1) is 10.7. The van der Waals surface area contributed by atoms with Crippen LogP contribution in [0.1, 0.15) is 19.3 Å². The van der Waals surface area contributed by atoms with E-state index in [0.717, 1.165) is 13.1 Å². The van der Waals surface area contributed by atoms with Gasteiger partial charge in [0, 0.05) is 23.6 Å². The first-order valence-electron chi connectivity index (χ1n) is 6.33. The number of hydrogen-bond donors (Lipinski definition) is 3. The predicted octanol–water partition coefficient (Wildman–Crippen LogP) is 2.71. The minimum Gasteiger partial charge on any atom is -0.383 e. The molecule has 1 heterocycles. The fraction of sp³-hybridized carbons (Fsp3) is 0.429. The van der Waals surface area contributed by atoms with Crippen LogP contribution in [0.5, 0.6) is 0 Å². The van der Waals surface area contributed by atoms with Gasteiger partial charge in [-0.05, 0) is 30.9 Å². The Morgan fingerprint density at radius 3 is 2.82 bits per heavy atom. The van der Waals surface area contributed by atoms with E-state index in [1.54, 1.807) is 0 Å². The highest BCUT2D eigenvalue weighted by Gasteiger charge is 2.35. The Hall–Kier alpha value is -1.48. The summed E-state index contributed by atoms with van der Waals surface area (Å²) in [6, 6.07) is 8.37. The molecule has 1 aromatic carbocycles. The number of para-hydroxylation sites is 1. The highest BCUT2D eigenvalue weighted by atomic mass is 14.9. The zero-order chi connectivity index (χ0) is 11.7. The van der Waals surface area contributed by atoms with Gasteiger partial charge >= 0.3 is 0 Å². The van der Waals surface area contributed by atoms with Gasteiger partial charge in [0.05, 0.1) is 5.69 Å². The molecule has 1 saturated carbocycles. The highest BCUT2D eigenvalue weighted by Crippen LogP contribution is 2.40. The van der Waals surface area contributed by atoms with Crippen molar-refractivity contribution in [1.29, 1.82) is 0 Å². The monoisotopic (exact) mass is 229 g/mol. The maximum Gasteiger partial charge on any atom is 0.0598 e. The van der Waals surface area contributed by atoms with Crippen molar-refractivity contribution in [3.05, 3.63) is 30.5 Å². The van der Waals surface area contributed by atoms with Crippen molar-refractivity contribution in [2.45, 2.75) is 19.3 Å². The molecule has 3 rings (SSSR count). The molecule has 4 N–H and O–H groups in total. The topological polar surface area (TPSA) is 53.8 Å². The fourth-order valence-corrected chi connectivity index (χ4v) is 2.63. The highest BCUT2D eigenvalue weighted by molar-refractivity contribution is 5.92. The normalized spacial score (nSPS) is 17.9. The Bertz CT molecular complexity index is 505. The van der Waals surface area contributed by atoms with Gasteiger partial charge in [0.2, 0.25) is 0 Å². The van der Waals surface area contributed by atoms with Crippen LogP contribution in [0.25, 0.3) is 10.9 Å². The van der Waals surface area contributed by atoms with Crippen molar-refractivity contribution in [1.82, 2.24) is 4.98 Å². The molecule has 0 saturated heterocycles. The summed E-state index contributed by atoms with van der Waals surface area (Å²) in [5.41, 5.74) is 8.60. The molecular weight excluding hydrogens is 210 g/mol. The van der Waals surface area contributed by atoms with Crippen LogP contribution < -0.4 is 11.1 Å². The van der Waals surface area contributed by atoms with E-state index >= 15 is 0 Å². The lowest BCUT2D eigenvalue weighted by molar-refractivity contribution is 0.163. The molecule has 1 aliphatic rings. The van der Waals surface area contributed by atoms with Crippen LogP contribution in [0.4, 0.5) is 5.69 Å². The summed E-state index contributed by atoms with van der Waals surface area (Å²) in [5, 5.41) is 4.81. The number of H-pyrrole nitrogens is 1. The van der Waals surface area contributed by atoms with Gasteiger partial charge in [-0.1, -0.05) is 24.6 Å². The summed E-state index contributed by atoms with van der Waals surface area (Å²) < 4.78 is 0. The molecule has 0 unspecified atom stereocenters. The average Bonchev–Trinajstić information content (AvgIpc) is 2.72. The van der Waals surface area contributed by atoms with Crippen molar-refractivity contribution >= 4 is 16.6 Å². The molecule has 0 radical (unpaired) electrons. The smallest absolute Gasteiger partial charge is 0.0598 e. The third kappa shape index (κ3) is 1.80. The molecule has 1 aromatic heterocycles. The first-order chi connectivity index (χ1) is 8.33. The quantitative estimate of drug-likeness (QED) is 0.755. The number of aromatic amines is 1. The largest absolute Gasteiger partial charge is 0.383 e. The maximum absolute atomic E-state index is 5.87. The zero-order valence-electron chi connectivity index (χ0n) is 10.00. The number of benzene rings is 1. The molecule has 90 valence electrons. The molecule has 0 atom stereocenters. The SMILES string of the molecule is NCC1(CNc2c[nH]c3ccccc23)CCC1. The van der Waals surface area contributed by atoms with Crippen LogP contribution in [0.3, 0.4) is 0 Å². The summed E-state index contributed by atoms with van der Waals surface area (Å²) in [5.74, 6) is 0. The lowest BCUT2D eigenvalue weighted by Crippen LogP contribution is -2.42. The maximum atomic E-state index is 5.87. The number of hydrogen-bond acceptors (Lipinski definition) is 2. The van der Waals surface area contributed by atoms with Gasteiger partial charge in [0.1, 0.15) is 0 Å². The summed E-state index contributed by atoms with van der Waals surface area (Å²) in [4.78, 5) is 3.28. The van der Waals surface area contributed by atoms with Crippen molar-refractivity contribution in [2.75, 3.05) is 18.4 Å². The molecule has 0 bridgehead atoms. The van der Waals surface area contributed by atoms with Crippen LogP contribution in [0.15, 0.2) is 30.5 Å². The zero-order valence-corrected chi connectivity index (χ0v) is 10.00. The van der Waals surface area contributed by atoms with E-state index in [9.17, 15) is 0 Å². The van der Waals surface area contributed by atoms with Crippen LogP contribution in [0, 0.1) is 5.41 Å².